The number of nitrogens with one attached hydrogen (secondary N) is 2. The molecule has 16 heteroatoms. The van der Waals surface area contributed by atoms with Gasteiger partial charge in [-0.2, -0.15) is 0 Å². The van der Waals surface area contributed by atoms with Gasteiger partial charge in [0.1, 0.15) is 12.1 Å². The summed E-state index contributed by atoms with van der Waals surface area (Å²) in [5.74, 6) is 1.63. The van der Waals surface area contributed by atoms with E-state index in [9.17, 15) is 19.2 Å². The number of nitrogens with zero attached hydrogens (tertiary/aromatic N) is 6. The van der Waals surface area contributed by atoms with Crippen LogP contribution < -0.4 is 10.6 Å². The van der Waals surface area contributed by atoms with Crippen molar-refractivity contribution in [1.82, 2.24) is 40.0 Å². The van der Waals surface area contributed by atoms with Gasteiger partial charge >= 0.3 is 0 Å². The third kappa shape index (κ3) is 14.4. The molecule has 0 aliphatic carbocycles. The largest absolute Gasteiger partial charge is 0.349 e. The number of carbonyl (C=O) groups is 4. The predicted molar refractivity (Wildman–Crippen MR) is 272 cm³/mol. The first-order valence-electron chi connectivity index (χ1n) is 28.1. The van der Waals surface area contributed by atoms with Crippen LogP contribution in [0, 0.1) is 35.5 Å². The van der Waals surface area contributed by atoms with Crippen molar-refractivity contribution in [3.63, 3.8) is 0 Å². The minimum atomic E-state index is -0.567. The van der Waals surface area contributed by atoms with E-state index in [2.05, 4.69) is 82.7 Å². The lowest BCUT2D eigenvalue weighted by Crippen LogP contribution is -2.64. The molecule has 0 saturated carbocycles. The Kier molecular flexibility index (Phi) is 19.9. The van der Waals surface area contributed by atoms with Crippen LogP contribution in [0.5, 0.6) is 0 Å². The first kappa shape index (κ1) is 55.3. The van der Waals surface area contributed by atoms with Gasteiger partial charge in [-0.1, -0.05) is 55.4 Å². The van der Waals surface area contributed by atoms with Gasteiger partial charge in [-0.3, -0.25) is 19.2 Å². The van der Waals surface area contributed by atoms with Gasteiger partial charge in [0.25, 0.3) is 0 Å². The van der Waals surface area contributed by atoms with Crippen molar-refractivity contribution in [3.05, 3.63) is 0 Å². The molecular weight excluding hydrogens is 889 g/mol. The van der Waals surface area contributed by atoms with Crippen LogP contribution in [-0.2, 0) is 38.1 Å². The number of amides is 4. The van der Waals surface area contributed by atoms with Crippen molar-refractivity contribution in [2.75, 3.05) is 112 Å². The van der Waals surface area contributed by atoms with Crippen LogP contribution in [0.25, 0.3) is 0 Å². The van der Waals surface area contributed by atoms with E-state index in [0.29, 0.717) is 107 Å². The van der Waals surface area contributed by atoms with Gasteiger partial charge in [-0.15, -0.1) is 0 Å². The summed E-state index contributed by atoms with van der Waals surface area (Å²) in [6, 6.07) is -1.14. The molecule has 0 unspecified atom stereocenters. The normalized spacial score (nSPS) is 28.3. The van der Waals surface area contributed by atoms with E-state index in [0.717, 1.165) is 65.4 Å². The average molecular weight is 985 g/mol. The fourth-order valence-corrected chi connectivity index (χ4v) is 12.3. The van der Waals surface area contributed by atoms with E-state index >= 15 is 0 Å². The Morgan fingerprint density at radius 2 is 0.986 bits per heavy atom. The predicted octanol–water partition coefficient (Wildman–Crippen LogP) is 4.65. The Labute approximate surface area is 422 Å². The summed E-state index contributed by atoms with van der Waals surface area (Å²) in [7, 11) is 0. The second-order valence-electron chi connectivity index (χ2n) is 24.2. The third-order valence-electron chi connectivity index (χ3n) is 16.3. The zero-order chi connectivity index (χ0) is 50.2. The van der Waals surface area contributed by atoms with Crippen LogP contribution >= 0.6 is 0 Å². The number of hydrogen-bond donors (Lipinski definition) is 2. The molecule has 0 radical (unpaired) electrons. The van der Waals surface area contributed by atoms with Gasteiger partial charge in [-0.05, 0) is 102 Å². The summed E-state index contributed by atoms with van der Waals surface area (Å²) in [5.41, 5.74) is 0. The van der Waals surface area contributed by atoms with Gasteiger partial charge in [0.05, 0.1) is 38.5 Å². The molecule has 8 saturated heterocycles. The molecule has 8 fully saturated rings. The molecule has 0 aromatic carbocycles. The molecule has 8 aliphatic heterocycles. The lowest BCUT2D eigenvalue weighted by molar-refractivity contribution is -0.304. The van der Waals surface area contributed by atoms with Crippen molar-refractivity contribution in [2.45, 2.75) is 175 Å². The Morgan fingerprint density at radius 3 is 1.40 bits per heavy atom. The summed E-state index contributed by atoms with van der Waals surface area (Å²) >= 11 is 0. The first-order valence-corrected chi connectivity index (χ1v) is 28.1. The second-order valence-corrected chi connectivity index (χ2v) is 24.2. The van der Waals surface area contributed by atoms with Crippen molar-refractivity contribution in [1.29, 1.82) is 0 Å². The van der Waals surface area contributed by atoms with Gasteiger partial charge in [0, 0.05) is 102 Å². The van der Waals surface area contributed by atoms with Crippen LogP contribution in [0.2, 0.25) is 0 Å². The maximum absolute atomic E-state index is 13.9. The Hall–Kier alpha value is -2.44. The van der Waals surface area contributed by atoms with Gasteiger partial charge in [-0.25, -0.2) is 0 Å². The van der Waals surface area contributed by atoms with Gasteiger partial charge < -0.3 is 59.0 Å². The summed E-state index contributed by atoms with van der Waals surface area (Å²) in [4.78, 5) is 67.0. The highest BCUT2D eigenvalue weighted by Crippen LogP contribution is 2.37. The van der Waals surface area contributed by atoms with Gasteiger partial charge in [0.2, 0.25) is 23.6 Å². The SMILES string of the molecule is CC(C)C[C@@H]1NCCN([C@@H](CC(C)C)C(=O)N2CCC3(CC2)OCC(CN2CCCC2)CO3)C1=O.CC(C)C[C@@H]1NCCN([C@@H](CC(C)C)C(=O)N2CCC3(C[C@@H]2C)OCC(CN2CCC2)CO3)C1=O. The topological polar surface area (TPSA) is 149 Å². The average Bonchev–Trinajstić information content (AvgIpc) is 3.82. The molecule has 0 aromatic rings. The van der Waals surface area contributed by atoms with E-state index in [4.69, 9.17) is 18.9 Å². The molecule has 8 aliphatic rings. The van der Waals surface area contributed by atoms with Crippen LogP contribution in [0.3, 0.4) is 0 Å². The lowest BCUT2D eigenvalue weighted by atomic mass is 9.92. The molecule has 2 spiro atoms. The number of ether oxygens (including phenoxy) is 4. The smallest absolute Gasteiger partial charge is 0.245 e. The lowest BCUT2D eigenvalue weighted by Gasteiger charge is -2.50. The van der Waals surface area contributed by atoms with Crippen molar-refractivity contribution in [3.8, 4) is 0 Å². The monoisotopic (exact) mass is 985 g/mol. The molecule has 4 amide bonds. The van der Waals surface area contributed by atoms with E-state index in [1.54, 1.807) is 0 Å². The standard InChI is InChI=1S/2C27H48N4O4/c1-19(2)13-23-25(32)31(12-8-28-23)24(14-20(3)4)26(33)30-11-7-27(15-21(30)5)34-17-22(18-35-27)16-29-9-6-10-29;1-20(2)15-23-25(32)31(14-9-28-23)24(16-21(3)4)26(33)30-12-7-27(8-13-30)34-18-22(19-35-27)17-29-10-5-6-11-29/h19-24,28H,6-18H2,1-5H3;20-24,28H,5-19H2,1-4H3/t21-,22?,23-,24-,27?;23-,24-/m00/s1. The number of rotatable bonds is 16. The Morgan fingerprint density at radius 1 is 0.557 bits per heavy atom. The summed E-state index contributed by atoms with van der Waals surface area (Å²) < 4.78 is 25.3. The van der Waals surface area contributed by atoms with E-state index in [1.807, 2.05) is 19.6 Å². The molecule has 16 nitrogen and oxygen atoms in total. The fourth-order valence-electron chi connectivity index (χ4n) is 12.3. The number of carbonyl (C=O) groups excluding carboxylic acids is 4. The van der Waals surface area contributed by atoms with Crippen molar-refractivity contribution in [2.24, 2.45) is 35.5 Å². The van der Waals surface area contributed by atoms with Gasteiger partial charge in [0.15, 0.2) is 11.6 Å². The first-order chi connectivity index (χ1) is 33.4. The van der Waals surface area contributed by atoms with Crippen LogP contribution in [0.4, 0.5) is 0 Å². The molecule has 8 heterocycles. The highest BCUT2D eigenvalue weighted by atomic mass is 16.7. The summed E-state index contributed by atoms with van der Waals surface area (Å²) in [6.07, 6.45) is 9.69. The molecule has 0 aromatic heterocycles. The van der Waals surface area contributed by atoms with Crippen LogP contribution in [0.1, 0.15) is 133 Å². The molecule has 8 rings (SSSR count). The Balaban J connectivity index is 0.000000206. The zero-order valence-corrected chi connectivity index (χ0v) is 45.1. The quantitative estimate of drug-likeness (QED) is 0.222. The molecule has 70 heavy (non-hydrogen) atoms. The number of piperazine rings is 2. The second kappa shape index (κ2) is 25.2. The number of likely N-dealkylation sites (tertiary alicyclic amines) is 4. The van der Waals surface area contributed by atoms with E-state index < -0.39 is 17.6 Å². The zero-order valence-electron chi connectivity index (χ0n) is 45.1. The van der Waals surface area contributed by atoms with Crippen LogP contribution in [0.15, 0.2) is 0 Å². The van der Waals surface area contributed by atoms with Crippen molar-refractivity contribution < 1.29 is 38.1 Å². The maximum atomic E-state index is 13.9. The highest BCUT2D eigenvalue weighted by molar-refractivity contribution is 5.91. The van der Waals surface area contributed by atoms with E-state index in [1.165, 1.54) is 45.4 Å². The maximum Gasteiger partial charge on any atom is 0.245 e. The van der Waals surface area contributed by atoms with E-state index in [-0.39, 0.29) is 47.8 Å². The molecular formula is C54H96N8O8. The number of hydrogen-bond acceptors (Lipinski definition) is 12. The van der Waals surface area contributed by atoms with Crippen molar-refractivity contribution >= 4 is 23.6 Å². The molecule has 5 atom stereocenters. The molecule has 0 bridgehead atoms. The highest BCUT2D eigenvalue weighted by Gasteiger charge is 2.48. The minimum Gasteiger partial charge on any atom is -0.349 e. The molecule has 400 valence electrons. The number of piperidine rings is 2. The van der Waals surface area contributed by atoms with Crippen LogP contribution in [-0.4, -0.2) is 206 Å². The summed E-state index contributed by atoms with van der Waals surface area (Å²) in [6.45, 7) is 33.6. The Bertz CT molecular complexity index is 1680. The minimum absolute atomic E-state index is 0.0160. The fraction of sp³-hybridized carbons (Fsp3) is 0.926. The third-order valence-corrected chi connectivity index (χ3v) is 16.3. The summed E-state index contributed by atoms with van der Waals surface area (Å²) in [5, 5.41) is 6.74. The molecule has 2 N–H and O–H groups in total.